The summed E-state index contributed by atoms with van der Waals surface area (Å²) in [5.74, 6) is 0.672. The summed E-state index contributed by atoms with van der Waals surface area (Å²) in [5, 5.41) is 0. The van der Waals surface area contributed by atoms with Crippen LogP contribution in [0.2, 0.25) is 0 Å². The minimum atomic E-state index is 0.117. The van der Waals surface area contributed by atoms with Crippen LogP contribution >= 0.6 is 31.9 Å². The van der Waals surface area contributed by atoms with Gasteiger partial charge in [0.2, 0.25) is 0 Å². The van der Waals surface area contributed by atoms with Gasteiger partial charge >= 0.3 is 0 Å². The predicted molar refractivity (Wildman–Crippen MR) is 72.8 cm³/mol. The van der Waals surface area contributed by atoms with Crippen molar-refractivity contribution < 1.29 is 0 Å². The first-order valence-corrected chi connectivity index (χ1v) is 6.83. The third kappa shape index (κ3) is 3.89. The smallest absolute Gasteiger partial charge is 0.0309 e. The number of rotatable bonds is 4. The Morgan fingerprint density at radius 2 is 2.00 bits per heavy atom. The van der Waals surface area contributed by atoms with E-state index >= 15 is 0 Å². The zero-order valence-electron chi connectivity index (χ0n) is 9.13. The molecule has 84 valence electrons. The molecule has 1 aromatic rings. The molecule has 0 amide bonds. The van der Waals surface area contributed by atoms with Gasteiger partial charge in [0, 0.05) is 15.0 Å². The zero-order chi connectivity index (χ0) is 11.4. The highest BCUT2D eigenvalue weighted by Crippen LogP contribution is 2.29. The van der Waals surface area contributed by atoms with Crippen LogP contribution in [-0.2, 0) is 0 Å². The van der Waals surface area contributed by atoms with Crippen molar-refractivity contribution in [2.24, 2.45) is 11.7 Å². The van der Waals surface area contributed by atoms with Gasteiger partial charge in [0.05, 0.1) is 0 Å². The van der Waals surface area contributed by atoms with Crippen LogP contribution in [-0.4, -0.2) is 0 Å². The number of hydrogen-bond acceptors (Lipinski definition) is 1. The molecule has 0 fully saturated rings. The lowest BCUT2D eigenvalue weighted by atomic mass is 9.95. The maximum absolute atomic E-state index is 6.19. The molecule has 1 nitrogen and oxygen atoms in total. The fourth-order valence-corrected chi connectivity index (χ4v) is 2.45. The predicted octanol–water partition coefficient (Wildman–Crippen LogP) is 4.65. The second kappa shape index (κ2) is 6.02. The van der Waals surface area contributed by atoms with Crippen molar-refractivity contribution in [1.82, 2.24) is 0 Å². The second-order valence-electron chi connectivity index (χ2n) is 4.02. The Morgan fingerprint density at radius 3 is 2.60 bits per heavy atom. The van der Waals surface area contributed by atoms with Crippen molar-refractivity contribution in [1.29, 1.82) is 0 Å². The minimum absolute atomic E-state index is 0.117. The Labute approximate surface area is 109 Å². The average Bonchev–Trinajstić information content (AvgIpc) is 2.21. The van der Waals surface area contributed by atoms with Crippen molar-refractivity contribution in [2.75, 3.05) is 0 Å². The molecule has 1 rings (SSSR count). The molecule has 0 heterocycles. The molecule has 0 aromatic heterocycles. The van der Waals surface area contributed by atoms with Crippen LogP contribution in [0.4, 0.5) is 0 Å². The summed E-state index contributed by atoms with van der Waals surface area (Å²) in [7, 11) is 0. The van der Waals surface area contributed by atoms with Gasteiger partial charge in [0.25, 0.3) is 0 Å². The summed E-state index contributed by atoms with van der Waals surface area (Å²) in [4.78, 5) is 0. The van der Waals surface area contributed by atoms with E-state index in [1.165, 1.54) is 12.0 Å². The quantitative estimate of drug-likeness (QED) is 0.852. The van der Waals surface area contributed by atoms with Crippen LogP contribution in [0.5, 0.6) is 0 Å². The van der Waals surface area contributed by atoms with Crippen molar-refractivity contribution in [2.45, 2.75) is 32.7 Å². The van der Waals surface area contributed by atoms with Gasteiger partial charge in [-0.25, -0.2) is 0 Å². The lowest BCUT2D eigenvalue weighted by Gasteiger charge is -2.17. The molecule has 0 saturated carbocycles. The van der Waals surface area contributed by atoms with E-state index in [1.54, 1.807) is 0 Å². The van der Waals surface area contributed by atoms with Crippen molar-refractivity contribution in [3.8, 4) is 0 Å². The lowest BCUT2D eigenvalue weighted by Crippen LogP contribution is -2.14. The molecule has 0 aliphatic rings. The standard InChI is InChI=1S/C12H17Br2N/c1-3-8(2)6-12(15)10-7-9(13)4-5-11(10)14/h4-5,7-8,12H,3,6,15H2,1-2H3. The minimum Gasteiger partial charge on any atom is -0.324 e. The molecular weight excluding hydrogens is 318 g/mol. The summed E-state index contributed by atoms with van der Waals surface area (Å²) < 4.78 is 2.18. The van der Waals surface area contributed by atoms with E-state index < -0.39 is 0 Å². The lowest BCUT2D eigenvalue weighted by molar-refractivity contribution is 0.460. The Hall–Kier alpha value is 0.140. The topological polar surface area (TPSA) is 26.0 Å². The third-order valence-electron chi connectivity index (χ3n) is 2.71. The summed E-state index contributed by atoms with van der Waals surface area (Å²) in [5.41, 5.74) is 7.38. The molecule has 2 N–H and O–H groups in total. The van der Waals surface area contributed by atoms with Crippen molar-refractivity contribution in [3.63, 3.8) is 0 Å². The highest BCUT2D eigenvalue weighted by molar-refractivity contribution is 9.11. The Kier molecular flexibility index (Phi) is 5.30. The van der Waals surface area contributed by atoms with Gasteiger partial charge in [0.1, 0.15) is 0 Å². The second-order valence-corrected chi connectivity index (χ2v) is 5.79. The first-order valence-electron chi connectivity index (χ1n) is 5.25. The van der Waals surface area contributed by atoms with Crippen LogP contribution in [0.1, 0.15) is 38.3 Å². The molecule has 2 unspecified atom stereocenters. The fourth-order valence-electron chi connectivity index (χ4n) is 1.53. The van der Waals surface area contributed by atoms with Crippen LogP contribution in [0.15, 0.2) is 27.1 Å². The summed E-state index contributed by atoms with van der Waals surface area (Å²) in [6, 6.07) is 6.27. The van der Waals surface area contributed by atoms with E-state index in [0.29, 0.717) is 5.92 Å². The molecular formula is C12H17Br2N. The van der Waals surface area contributed by atoms with E-state index in [0.717, 1.165) is 15.4 Å². The summed E-state index contributed by atoms with van der Waals surface area (Å²) >= 11 is 7.01. The SMILES string of the molecule is CCC(C)CC(N)c1cc(Br)ccc1Br. The zero-order valence-corrected chi connectivity index (χ0v) is 12.3. The van der Waals surface area contributed by atoms with Crippen LogP contribution < -0.4 is 5.73 Å². The van der Waals surface area contributed by atoms with Gasteiger partial charge in [-0.3, -0.25) is 0 Å². The Bertz CT molecular complexity index is 325. The van der Waals surface area contributed by atoms with E-state index in [4.69, 9.17) is 5.73 Å². The molecule has 0 aliphatic carbocycles. The highest BCUT2D eigenvalue weighted by atomic mass is 79.9. The van der Waals surface area contributed by atoms with Gasteiger partial charge in [-0.15, -0.1) is 0 Å². The largest absolute Gasteiger partial charge is 0.324 e. The van der Waals surface area contributed by atoms with Gasteiger partial charge in [-0.2, -0.15) is 0 Å². The molecule has 3 heteroatoms. The maximum Gasteiger partial charge on any atom is 0.0309 e. The molecule has 0 aliphatic heterocycles. The van der Waals surface area contributed by atoms with Gasteiger partial charge < -0.3 is 5.73 Å². The summed E-state index contributed by atoms with van der Waals surface area (Å²) in [6.45, 7) is 4.44. The van der Waals surface area contributed by atoms with E-state index in [9.17, 15) is 0 Å². The normalized spacial score (nSPS) is 15.0. The summed E-state index contributed by atoms with van der Waals surface area (Å²) in [6.07, 6.45) is 2.21. The van der Waals surface area contributed by atoms with E-state index in [2.05, 4.69) is 51.8 Å². The number of benzene rings is 1. The highest BCUT2D eigenvalue weighted by Gasteiger charge is 2.13. The molecule has 0 saturated heterocycles. The van der Waals surface area contributed by atoms with Crippen LogP contribution in [0.25, 0.3) is 0 Å². The van der Waals surface area contributed by atoms with Crippen LogP contribution in [0.3, 0.4) is 0 Å². The first-order chi connectivity index (χ1) is 7.04. The van der Waals surface area contributed by atoms with Crippen molar-refractivity contribution >= 4 is 31.9 Å². The Morgan fingerprint density at radius 1 is 1.33 bits per heavy atom. The van der Waals surface area contributed by atoms with Gasteiger partial charge in [-0.1, -0.05) is 52.1 Å². The first kappa shape index (κ1) is 13.2. The molecule has 15 heavy (non-hydrogen) atoms. The number of halogens is 2. The van der Waals surface area contributed by atoms with E-state index in [-0.39, 0.29) is 6.04 Å². The molecule has 0 bridgehead atoms. The monoisotopic (exact) mass is 333 g/mol. The molecule has 1 aromatic carbocycles. The fraction of sp³-hybridized carbons (Fsp3) is 0.500. The Balaban J connectivity index is 2.80. The average molecular weight is 335 g/mol. The molecule has 0 spiro atoms. The van der Waals surface area contributed by atoms with Crippen molar-refractivity contribution in [3.05, 3.63) is 32.7 Å². The van der Waals surface area contributed by atoms with Gasteiger partial charge in [0.15, 0.2) is 0 Å². The number of hydrogen-bond donors (Lipinski definition) is 1. The third-order valence-corrected chi connectivity index (χ3v) is 3.93. The molecule has 2 atom stereocenters. The van der Waals surface area contributed by atoms with Crippen LogP contribution in [0, 0.1) is 5.92 Å². The van der Waals surface area contributed by atoms with E-state index in [1.807, 2.05) is 12.1 Å². The maximum atomic E-state index is 6.19. The van der Waals surface area contributed by atoms with Gasteiger partial charge in [-0.05, 0) is 36.1 Å². The number of nitrogens with two attached hydrogens (primary N) is 1. The molecule has 0 radical (unpaired) electrons.